The van der Waals surface area contributed by atoms with Crippen molar-refractivity contribution in [1.82, 2.24) is 9.13 Å². The van der Waals surface area contributed by atoms with Crippen LogP contribution in [0.4, 0.5) is 5.69 Å². The van der Waals surface area contributed by atoms with Crippen molar-refractivity contribution in [3.63, 3.8) is 0 Å². The normalized spacial score (nSPS) is 10.7. The predicted octanol–water partition coefficient (Wildman–Crippen LogP) is 13.8. The van der Waals surface area contributed by atoms with Gasteiger partial charge in [-0.25, -0.2) is 0 Å². The molecule has 0 bridgehead atoms. The molecule has 0 amide bonds. The average molecular weight is 765 g/mol. The molecular formula is C50H42BrN3. The summed E-state index contributed by atoms with van der Waals surface area (Å²) < 4.78 is 5.79. The standard InChI is InChI=1S/C25H19N.C18H12BrN.C6H7N.CH4/c1-3-9-19(10-4-1)17-20-15-16-23-22-13-7-8-14-24(22)26(25(23)18-20)21-11-5-2-6-12-21;19-13-10-11-16-15-8-4-5-9-17(15)20(18(16)12-13)14-6-2-1-3-7-14;7-6-4-2-1-3-5-6;/h1-16,18H,17H2;1-12H;1-5H,7H2;1H4. The first-order valence-corrected chi connectivity index (χ1v) is 18.6. The number of anilines is 1. The average Bonchev–Trinajstić information content (AvgIpc) is 3.72. The second kappa shape index (κ2) is 16.5. The number of para-hydroxylation sites is 5. The van der Waals surface area contributed by atoms with Gasteiger partial charge >= 0.3 is 0 Å². The van der Waals surface area contributed by atoms with E-state index < -0.39 is 0 Å². The van der Waals surface area contributed by atoms with Crippen LogP contribution in [0.1, 0.15) is 18.6 Å². The molecule has 0 atom stereocenters. The molecule has 0 saturated carbocycles. The minimum atomic E-state index is 0. The van der Waals surface area contributed by atoms with Crippen LogP contribution in [0.25, 0.3) is 55.0 Å². The largest absolute Gasteiger partial charge is 0.399 e. The third-order valence-corrected chi connectivity index (χ3v) is 9.95. The van der Waals surface area contributed by atoms with Crippen LogP contribution < -0.4 is 5.73 Å². The molecule has 0 fully saturated rings. The molecule has 2 heterocycles. The summed E-state index contributed by atoms with van der Waals surface area (Å²) in [7, 11) is 0. The molecule has 0 aliphatic carbocycles. The Morgan fingerprint density at radius 3 is 1.28 bits per heavy atom. The van der Waals surface area contributed by atoms with Crippen LogP contribution in [0.15, 0.2) is 211 Å². The van der Waals surface area contributed by atoms with Crippen molar-refractivity contribution < 1.29 is 0 Å². The van der Waals surface area contributed by atoms with Crippen LogP contribution in [0, 0.1) is 0 Å². The van der Waals surface area contributed by atoms with E-state index in [0.29, 0.717) is 0 Å². The van der Waals surface area contributed by atoms with E-state index in [4.69, 9.17) is 5.73 Å². The number of hydrogen-bond acceptors (Lipinski definition) is 1. The number of nitrogen functional groups attached to an aromatic ring is 1. The number of fused-ring (bicyclic) bond motifs is 6. The monoisotopic (exact) mass is 763 g/mol. The fourth-order valence-corrected chi connectivity index (χ4v) is 7.41. The summed E-state index contributed by atoms with van der Waals surface area (Å²) in [6.45, 7) is 0. The maximum Gasteiger partial charge on any atom is 0.0552 e. The Morgan fingerprint density at radius 2 is 0.778 bits per heavy atom. The molecule has 2 N–H and O–H groups in total. The second-order valence-electron chi connectivity index (χ2n) is 13.0. The Bertz CT molecular complexity index is 2750. The van der Waals surface area contributed by atoms with Crippen LogP contribution in [-0.2, 0) is 6.42 Å². The van der Waals surface area contributed by atoms with Crippen molar-refractivity contribution >= 4 is 65.2 Å². The number of nitrogens with two attached hydrogens (primary N) is 1. The van der Waals surface area contributed by atoms with Gasteiger partial charge in [0.25, 0.3) is 0 Å². The summed E-state index contributed by atoms with van der Waals surface area (Å²) >= 11 is 3.58. The van der Waals surface area contributed by atoms with Gasteiger partial charge in [0.15, 0.2) is 0 Å². The lowest BCUT2D eigenvalue weighted by atomic mass is 10.0. The van der Waals surface area contributed by atoms with Crippen LogP contribution >= 0.6 is 15.9 Å². The highest BCUT2D eigenvalue weighted by Gasteiger charge is 2.13. The third-order valence-electron chi connectivity index (χ3n) is 9.45. The van der Waals surface area contributed by atoms with Crippen molar-refractivity contribution in [2.75, 3.05) is 5.73 Å². The smallest absolute Gasteiger partial charge is 0.0552 e. The van der Waals surface area contributed by atoms with Crippen molar-refractivity contribution in [2.45, 2.75) is 13.8 Å². The molecule has 0 aliphatic heterocycles. The topological polar surface area (TPSA) is 35.9 Å². The number of halogens is 1. The van der Waals surface area contributed by atoms with Gasteiger partial charge < -0.3 is 14.9 Å². The molecule has 0 radical (unpaired) electrons. The molecule has 0 spiro atoms. The zero-order valence-electron chi connectivity index (χ0n) is 29.2. The molecule has 3 nitrogen and oxygen atoms in total. The highest BCUT2D eigenvalue weighted by Crippen LogP contribution is 2.34. The van der Waals surface area contributed by atoms with Gasteiger partial charge in [-0.15, -0.1) is 0 Å². The molecule has 4 heteroatoms. The van der Waals surface area contributed by atoms with Gasteiger partial charge in [-0.1, -0.05) is 163 Å². The van der Waals surface area contributed by atoms with Crippen LogP contribution in [-0.4, -0.2) is 9.13 Å². The first-order chi connectivity index (χ1) is 26.1. The van der Waals surface area contributed by atoms with Gasteiger partial charge in [0.2, 0.25) is 0 Å². The Balaban J connectivity index is 0.000000142. The summed E-state index contributed by atoms with van der Waals surface area (Å²) in [5.74, 6) is 0. The van der Waals surface area contributed by atoms with E-state index in [2.05, 4.69) is 195 Å². The van der Waals surface area contributed by atoms with E-state index in [-0.39, 0.29) is 7.43 Å². The van der Waals surface area contributed by atoms with Crippen molar-refractivity contribution in [2.24, 2.45) is 0 Å². The zero-order chi connectivity index (χ0) is 36.0. The van der Waals surface area contributed by atoms with Crippen LogP contribution in [0.5, 0.6) is 0 Å². The molecule has 10 rings (SSSR count). The molecule has 8 aromatic carbocycles. The van der Waals surface area contributed by atoms with Crippen LogP contribution in [0.3, 0.4) is 0 Å². The molecule has 0 saturated heterocycles. The minimum Gasteiger partial charge on any atom is -0.399 e. The minimum absolute atomic E-state index is 0. The van der Waals surface area contributed by atoms with Crippen molar-refractivity contribution in [3.05, 3.63) is 222 Å². The first kappa shape index (κ1) is 36.0. The Labute approximate surface area is 325 Å². The van der Waals surface area contributed by atoms with Gasteiger partial charge in [0.1, 0.15) is 0 Å². The highest BCUT2D eigenvalue weighted by molar-refractivity contribution is 9.10. The number of rotatable bonds is 4. The first-order valence-electron chi connectivity index (χ1n) is 17.8. The molecular weight excluding hydrogens is 722 g/mol. The predicted molar refractivity (Wildman–Crippen MR) is 236 cm³/mol. The third kappa shape index (κ3) is 7.57. The molecule has 10 aromatic rings. The number of aromatic nitrogens is 2. The quantitative estimate of drug-likeness (QED) is 0.178. The number of benzene rings is 8. The lowest BCUT2D eigenvalue weighted by Crippen LogP contribution is -1.94. The summed E-state index contributed by atoms with van der Waals surface area (Å²) in [5.41, 5.74) is 16.2. The maximum absolute atomic E-state index is 5.36. The summed E-state index contributed by atoms with van der Waals surface area (Å²) in [6, 6.07) is 71.8. The summed E-state index contributed by atoms with van der Waals surface area (Å²) in [6.07, 6.45) is 0.951. The van der Waals surface area contributed by atoms with E-state index in [0.717, 1.165) is 16.6 Å². The van der Waals surface area contributed by atoms with E-state index in [1.54, 1.807) is 0 Å². The van der Waals surface area contributed by atoms with Crippen LogP contribution in [0.2, 0.25) is 0 Å². The fourth-order valence-electron chi connectivity index (χ4n) is 7.06. The molecule has 0 unspecified atom stereocenters. The summed E-state index contributed by atoms with van der Waals surface area (Å²) in [5, 5.41) is 5.19. The lowest BCUT2D eigenvalue weighted by Gasteiger charge is -2.08. The van der Waals surface area contributed by atoms with E-state index in [1.165, 1.54) is 66.1 Å². The van der Waals surface area contributed by atoms with Gasteiger partial charge in [-0.3, -0.25) is 0 Å². The second-order valence-corrected chi connectivity index (χ2v) is 13.9. The Hall–Kier alpha value is -6.36. The van der Waals surface area contributed by atoms with Gasteiger partial charge in [-0.05, 0) is 84.3 Å². The Morgan fingerprint density at radius 1 is 0.370 bits per heavy atom. The molecule has 0 aliphatic rings. The summed E-state index contributed by atoms with van der Waals surface area (Å²) in [4.78, 5) is 0. The van der Waals surface area contributed by atoms with Crippen molar-refractivity contribution in [1.29, 1.82) is 0 Å². The van der Waals surface area contributed by atoms with Gasteiger partial charge in [0, 0.05) is 43.1 Å². The maximum atomic E-state index is 5.36. The lowest BCUT2D eigenvalue weighted by molar-refractivity contribution is 1.16. The fraction of sp³-hybridized carbons (Fsp3) is 0.0400. The van der Waals surface area contributed by atoms with Crippen molar-refractivity contribution in [3.8, 4) is 11.4 Å². The van der Waals surface area contributed by atoms with E-state index in [9.17, 15) is 0 Å². The number of hydrogen-bond donors (Lipinski definition) is 1. The zero-order valence-corrected chi connectivity index (χ0v) is 30.8. The SMILES string of the molecule is Brc1ccc2c3ccccc3n(-c3ccccc3)c2c1.C.Nc1ccccc1.c1ccc(Cc2ccc3c4ccccc4n(-c4ccccc4)c3c2)cc1. The van der Waals surface area contributed by atoms with E-state index in [1.807, 2.05) is 36.4 Å². The van der Waals surface area contributed by atoms with Gasteiger partial charge in [0.05, 0.1) is 22.1 Å². The molecule has 2 aromatic heterocycles. The number of nitrogens with zero attached hydrogens (tertiary/aromatic N) is 2. The highest BCUT2D eigenvalue weighted by atomic mass is 79.9. The van der Waals surface area contributed by atoms with E-state index >= 15 is 0 Å². The van der Waals surface area contributed by atoms with Gasteiger partial charge in [-0.2, -0.15) is 0 Å². The molecule has 264 valence electrons. The Kier molecular flexibility index (Phi) is 11.0. The molecule has 54 heavy (non-hydrogen) atoms.